The summed E-state index contributed by atoms with van der Waals surface area (Å²) >= 11 is 3.32. The molecule has 7 nitrogen and oxygen atoms in total. The van der Waals surface area contributed by atoms with Crippen molar-refractivity contribution in [3.8, 4) is 0 Å². The molecule has 0 radical (unpaired) electrons. The third-order valence-corrected chi connectivity index (χ3v) is 6.79. The number of hydrogen-bond acceptors (Lipinski definition) is 4. The van der Waals surface area contributed by atoms with Crippen LogP contribution in [0.1, 0.15) is 18.4 Å². The minimum absolute atomic E-state index is 0.0592. The molecule has 1 saturated heterocycles. The Morgan fingerprint density at radius 2 is 1.73 bits per heavy atom. The molecule has 3 amide bonds. The number of sulfone groups is 1. The van der Waals surface area contributed by atoms with Crippen LogP contribution in [0.2, 0.25) is 0 Å². The fourth-order valence-electron chi connectivity index (χ4n) is 3.36. The lowest BCUT2D eigenvalue weighted by Gasteiger charge is -2.32. The molecule has 2 N–H and O–H groups in total. The van der Waals surface area contributed by atoms with Gasteiger partial charge in [-0.05, 0) is 42.7 Å². The second-order valence-corrected chi connectivity index (χ2v) is 10.3. The maximum Gasteiger partial charge on any atom is 0.319 e. The Bertz CT molecular complexity index is 990. The topological polar surface area (TPSA) is 95.6 Å². The number of para-hydroxylation sites is 1. The summed E-state index contributed by atoms with van der Waals surface area (Å²) in [6.45, 7) is 0.836. The SMILES string of the molecule is O=C(Nc1ccccc1)NC1CCN(C(=O)CS(=O)(=O)Cc2cccc(Br)c2)CC1. The van der Waals surface area contributed by atoms with Gasteiger partial charge in [-0.15, -0.1) is 0 Å². The first-order valence-corrected chi connectivity index (χ1v) is 12.3. The zero-order valence-corrected chi connectivity index (χ0v) is 18.8. The maximum atomic E-state index is 12.5. The predicted molar refractivity (Wildman–Crippen MR) is 120 cm³/mol. The molecular weight excluding hydrogens is 470 g/mol. The van der Waals surface area contributed by atoms with Gasteiger partial charge in [-0.1, -0.05) is 46.3 Å². The summed E-state index contributed by atoms with van der Waals surface area (Å²) in [5.41, 5.74) is 1.35. The summed E-state index contributed by atoms with van der Waals surface area (Å²) in [7, 11) is -3.56. The van der Waals surface area contributed by atoms with Crippen molar-refractivity contribution in [1.82, 2.24) is 10.2 Å². The minimum Gasteiger partial charge on any atom is -0.342 e. The van der Waals surface area contributed by atoms with Crippen LogP contribution >= 0.6 is 15.9 Å². The number of halogens is 1. The van der Waals surface area contributed by atoms with Gasteiger partial charge >= 0.3 is 6.03 Å². The normalized spacial score (nSPS) is 14.9. The molecule has 0 bridgehead atoms. The van der Waals surface area contributed by atoms with Crippen molar-refractivity contribution >= 4 is 43.4 Å². The Hall–Kier alpha value is -2.39. The third kappa shape index (κ3) is 6.84. The number of rotatable bonds is 6. The number of likely N-dealkylation sites (tertiary alicyclic amines) is 1. The largest absolute Gasteiger partial charge is 0.342 e. The van der Waals surface area contributed by atoms with E-state index in [1.165, 1.54) is 0 Å². The molecule has 0 aromatic heterocycles. The summed E-state index contributed by atoms with van der Waals surface area (Å²) in [5, 5.41) is 5.67. The average Bonchev–Trinajstić information content (AvgIpc) is 2.68. The van der Waals surface area contributed by atoms with E-state index in [0.717, 1.165) is 4.47 Å². The molecule has 0 spiro atoms. The molecule has 1 fully saturated rings. The second kappa shape index (κ2) is 10.1. The van der Waals surface area contributed by atoms with Crippen LogP contribution in [0.15, 0.2) is 59.1 Å². The van der Waals surface area contributed by atoms with Gasteiger partial charge in [0.05, 0.1) is 5.75 Å². The Kier molecular flexibility index (Phi) is 7.49. The number of urea groups is 1. The lowest BCUT2D eigenvalue weighted by Crippen LogP contribution is -2.48. The van der Waals surface area contributed by atoms with E-state index in [-0.39, 0.29) is 17.8 Å². The molecule has 1 heterocycles. The van der Waals surface area contributed by atoms with Crippen LogP contribution in [0.4, 0.5) is 10.5 Å². The first-order valence-electron chi connectivity index (χ1n) is 9.66. The standard InChI is InChI=1S/C21H24BrN3O4S/c22-17-6-4-5-16(13-17)14-30(28,29)15-20(26)25-11-9-19(10-12-25)24-21(27)23-18-7-2-1-3-8-18/h1-8,13,19H,9-12,14-15H2,(H2,23,24,27). The van der Waals surface area contributed by atoms with Crippen LogP contribution in [-0.2, 0) is 20.4 Å². The number of hydrogen-bond donors (Lipinski definition) is 2. The van der Waals surface area contributed by atoms with Gasteiger partial charge in [-0.2, -0.15) is 0 Å². The zero-order valence-electron chi connectivity index (χ0n) is 16.4. The second-order valence-electron chi connectivity index (χ2n) is 7.28. The number of carbonyl (C=O) groups excluding carboxylic acids is 2. The molecular formula is C21H24BrN3O4S. The average molecular weight is 494 g/mol. The van der Waals surface area contributed by atoms with Crippen molar-refractivity contribution in [3.05, 3.63) is 64.6 Å². The minimum atomic E-state index is -3.56. The fraction of sp³-hybridized carbons (Fsp3) is 0.333. The number of benzene rings is 2. The van der Waals surface area contributed by atoms with Crippen molar-refractivity contribution < 1.29 is 18.0 Å². The predicted octanol–water partition coefficient (Wildman–Crippen LogP) is 3.18. The number of nitrogens with zero attached hydrogens (tertiary/aromatic N) is 1. The van der Waals surface area contributed by atoms with Gasteiger partial charge in [0.2, 0.25) is 5.91 Å². The van der Waals surface area contributed by atoms with Crippen LogP contribution in [0, 0.1) is 0 Å². The van der Waals surface area contributed by atoms with Gasteiger partial charge in [0.1, 0.15) is 5.75 Å². The molecule has 9 heteroatoms. The Labute approximate surface area is 184 Å². The van der Waals surface area contributed by atoms with E-state index < -0.39 is 21.5 Å². The number of nitrogens with one attached hydrogen (secondary N) is 2. The first-order chi connectivity index (χ1) is 14.3. The number of piperidine rings is 1. The molecule has 1 aliphatic heterocycles. The van der Waals surface area contributed by atoms with Crippen LogP contribution < -0.4 is 10.6 Å². The Morgan fingerprint density at radius 3 is 2.40 bits per heavy atom. The lowest BCUT2D eigenvalue weighted by atomic mass is 10.1. The van der Waals surface area contributed by atoms with E-state index in [2.05, 4.69) is 26.6 Å². The molecule has 160 valence electrons. The molecule has 0 saturated carbocycles. The molecule has 30 heavy (non-hydrogen) atoms. The van der Waals surface area contributed by atoms with Gasteiger partial charge in [-0.3, -0.25) is 4.79 Å². The van der Waals surface area contributed by atoms with Gasteiger partial charge in [0.25, 0.3) is 0 Å². The first kappa shape index (κ1) is 22.3. The molecule has 0 aliphatic carbocycles. The van der Waals surface area contributed by atoms with Gasteiger partial charge in [0, 0.05) is 29.3 Å². The van der Waals surface area contributed by atoms with Gasteiger partial charge in [-0.25, -0.2) is 13.2 Å². The highest BCUT2D eigenvalue weighted by Gasteiger charge is 2.27. The van der Waals surface area contributed by atoms with Crippen molar-refractivity contribution in [2.45, 2.75) is 24.6 Å². The summed E-state index contributed by atoms with van der Waals surface area (Å²) in [6.07, 6.45) is 1.17. The highest BCUT2D eigenvalue weighted by molar-refractivity contribution is 9.10. The highest BCUT2D eigenvalue weighted by atomic mass is 79.9. The molecule has 3 rings (SSSR count). The molecule has 2 aromatic rings. The van der Waals surface area contributed by atoms with Crippen molar-refractivity contribution in [1.29, 1.82) is 0 Å². The van der Waals surface area contributed by atoms with Gasteiger partial charge in [0.15, 0.2) is 9.84 Å². The Morgan fingerprint density at radius 1 is 1.03 bits per heavy atom. The maximum absolute atomic E-state index is 12.5. The highest BCUT2D eigenvalue weighted by Crippen LogP contribution is 2.16. The van der Waals surface area contributed by atoms with E-state index in [9.17, 15) is 18.0 Å². The van der Waals surface area contributed by atoms with E-state index in [4.69, 9.17) is 0 Å². The summed E-state index contributed by atoms with van der Waals surface area (Å²) in [6, 6.07) is 15.8. The van der Waals surface area contributed by atoms with Crippen LogP contribution in [0.25, 0.3) is 0 Å². The van der Waals surface area contributed by atoms with Crippen molar-refractivity contribution in [2.24, 2.45) is 0 Å². The van der Waals surface area contributed by atoms with E-state index in [1.54, 1.807) is 35.2 Å². The molecule has 0 unspecified atom stereocenters. The van der Waals surface area contributed by atoms with Crippen LogP contribution in [0.3, 0.4) is 0 Å². The van der Waals surface area contributed by atoms with E-state index in [0.29, 0.717) is 37.2 Å². The fourth-order valence-corrected chi connectivity index (χ4v) is 5.15. The molecule has 0 atom stereocenters. The van der Waals surface area contributed by atoms with Crippen LogP contribution in [0.5, 0.6) is 0 Å². The number of anilines is 1. The van der Waals surface area contributed by atoms with Crippen molar-refractivity contribution in [2.75, 3.05) is 24.2 Å². The summed E-state index contributed by atoms with van der Waals surface area (Å²) < 4.78 is 25.6. The van der Waals surface area contributed by atoms with E-state index >= 15 is 0 Å². The quantitative estimate of drug-likeness (QED) is 0.645. The third-order valence-electron chi connectivity index (χ3n) is 4.83. The number of carbonyl (C=O) groups is 2. The van der Waals surface area contributed by atoms with Gasteiger partial charge < -0.3 is 15.5 Å². The summed E-state index contributed by atoms with van der Waals surface area (Å²) in [4.78, 5) is 26.1. The smallest absolute Gasteiger partial charge is 0.319 e. The monoisotopic (exact) mass is 493 g/mol. The lowest BCUT2D eigenvalue weighted by molar-refractivity contribution is -0.129. The zero-order chi connectivity index (χ0) is 21.6. The molecule has 1 aliphatic rings. The molecule has 2 aromatic carbocycles. The summed E-state index contributed by atoms with van der Waals surface area (Å²) in [5.74, 6) is -1.07. The van der Waals surface area contributed by atoms with Crippen molar-refractivity contribution in [3.63, 3.8) is 0 Å². The Balaban J connectivity index is 1.45. The van der Waals surface area contributed by atoms with E-state index in [1.807, 2.05) is 24.3 Å². The number of amides is 3. The van der Waals surface area contributed by atoms with Crippen LogP contribution in [-0.4, -0.2) is 50.1 Å².